The first-order valence-electron chi connectivity index (χ1n) is 3.56. The van der Waals surface area contributed by atoms with E-state index >= 15 is 0 Å². The monoisotopic (exact) mass is 186 g/mol. The van der Waals surface area contributed by atoms with Crippen LogP contribution in [0.1, 0.15) is 20.3 Å². The highest BCUT2D eigenvalue weighted by Crippen LogP contribution is 2.22. The molecule has 0 spiro atoms. The van der Waals surface area contributed by atoms with Crippen molar-refractivity contribution < 1.29 is 13.2 Å². The fourth-order valence-corrected chi connectivity index (χ4v) is 1.52. The van der Waals surface area contributed by atoms with Crippen LogP contribution in [0.2, 0.25) is 0 Å². The molecule has 0 nitrogen and oxygen atoms in total. The predicted octanol–water partition coefficient (Wildman–Crippen LogP) is 3.33. The van der Waals surface area contributed by atoms with Crippen LogP contribution in [0.25, 0.3) is 0 Å². The number of rotatable bonds is 4. The second-order valence-corrected chi connectivity index (χ2v) is 3.96. The van der Waals surface area contributed by atoms with Crippen molar-refractivity contribution >= 4 is 11.8 Å². The maximum absolute atomic E-state index is 11.6. The van der Waals surface area contributed by atoms with Crippen LogP contribution < -0.4 is 0 Å². The number of alkyl halides is 3. The summed E-state index contributed by atoms with van der Waals surface area (Å²) in [5.41, 5.74) is 0. The molecule has 0 aromatic heterocycles. The van der Waals surface area contributed by atoms with Crippen molar-refractivity contribution in [1.29, 1.82) is 0 Å². The van der Waals surface area contributed by atoms with Crippen molar-refractivity contribution in [2.75, 3.05) is 11.5 Å². The predicted molar refractivity (Wildman–Crippen MR) is 42.8 cm³/mol. The standard InChI is InChI=1S/C7H13F3S/c1-6(2)3-4-11-5-7(8,9)10/h6H,3-5H2,1-2H3. The van der Waals surface area contributed by atoms with E-state index in [1.54, 1.807) is 0 Å². The van der Waals surface area contributed by atoms with E-state index in [4.69, 9.17) is 0 Å². The molecular formula is C7H13F3S. The van der Waals surface area contributed by atoms with Gasteiger partial charge in [0.1, 0.15) is 0 Å². The number of halogens is 3. The summed E-state index contributed by atoms with van der Waals surface area (Å²) in [7, 11) is 0. The second kappa shape index (κ2) is 4.91. The summed E-state index contributed by atoms with van der Waals surface area (Å²) in [6.45, 7) is 4.02. The molecule has 0 bridgehead atoms. The Morgan fingerprint density at radius 2 is 1.82 bits per heavy atom. The fourth-order valence-electron chi connectivity index (χ4n) is 0.507. The third kappa shape index (κ3) is 10.1. The molecule has 0 aliphatic rings. The van der Waals surface area contributed by atoms with Crippen molar-refractivity contribution in [1.82, 2.24) is 0 Å². The van der Waals surface area contributed by atoms with Gasteiger partial charge in [0.05, 0.1) is 5.75 Å². The molecule has 0 rings (SSSR count). The largest absolute Gasteiger partial charge is 0.397 e. The van der Waals surface area contributed by atoms with E-state index in [1.165, 1.54) is 0 Å². The van der Waals surface area contributed by atoms with Gasteiger partial charge in [-0.25, -0.2) is 0 Å². The van der Waals surface area contributed by atoms with Crippen LogP contribution in [0.15, 0.2) is 0 Å². The lowest BCUT2D eigenvalue weighted by Crippen LogP contribution is -2.11. The molecule has 0 unspecified atom stereocenters. The van der Waals surface area contributed by atoms with Crippen LogP contribution in [0.3, 0.4) is 0 Å². The van der Waals surface area contributed by atoms with Crippen LogP contribution in [-0.4, -0.2) is 17.7 Å². The van der Waals surface area contributed by atoms with Gasteiger partial charge in [-0.3, -0.25) is 0 Å². The number of thioether (sulfide) groups is 1. The third-order valence-corrected chi connectivity index (χ3v) is 2.16. The van der Waals surface area contributed by atoms with Gasteiger partial charge in [0.25, 0.3) is 0 Å². The summed E-state index contributed by atoms with van der Waals surface area (Å²) in [4.78, 5) is 0. The van der Waals surface area contributed by atoms with Gasteiger partial charge in [0.15, 0.2) is 0 Å². The lowest BCUT2D eigenvalue weighted by molar-refractivity contribution is -0.105. The van der Waals surface area contributed by atoms with Crippen LogP contribution in [0, 0.1) is 5.92 Å². The van der Waals surface area contributed by atoms with Gasteiger partial charge in [-0.1, -0.05) is 13.8 Å². The summed E-state index contributed by atoms with van der Waals surface area (Å²) in [5.74, 6) is 0.396. The Hall–Kier alpha value is 0.140. The molecule has 0 aromatic rings. The van der Waals surface area contributed by atoms with E-state index < -0.39 is 11.9 Å². The normalized spacial score (nSPS) is 12.5. The zero-order chi connectivity index (χ0) is 8.91. The summed E-state index contributed by atoms with van der Waals surface area (Å²) in [6, 6.07) is 0. The molecule has 11 heavy (non-hydrogen) atoms. The molecule has 0 aliphatic carbocycles. The summed E-state index contributed by atoms with van der Waals surface area (Å²) < 4.78 is 34.7. The average molecular weight is 186 g/mol. The minimum absolute atomic E-state index is 0.496. The quantitative estimate of drug-likeness (QED) is 0.607. The van der Waals surface area contributed by atoms with Gasteiger partial charge in [0, 0.05) is 0 Å². The number of hydrogen-bond donors (Lipinski definition) is 0. The molecule has 0 saturated heterocycles. The Morgan fingerprint density at radius 1 is 1.27 bits per heavy atom. The summed E-state index contributed by atoms with van der Waals surface area (Å²) in [5, 5.41) is 0. The molecule has 0 heterocycles. The molecule has 0 saturated carbocycles. The van der Waals surface area contributed by atoms with E-state index in [2.05, 4.69) is 0 Å². The van der Waals surface area contributed by atoms with Gasteiger partial charge in [-0.15, -0.1) is 0 Å². The molecule has 0 atom stereocenters. The maximum Gasteiger partial charge on any atom is 0.397 e. The van der Waals surface area contributed by atoms with Crippen LogP contribution >= 0.6 is 11.8 Å². The first-order chi connectivity index (χ1) is 4.92. The fraction of sp³-hybridized carbons (Fsp3) is 1.00. The van der Waals surface area contributed by atoms with Crippen LogP contribution in [0.4, 0.5) is 13.2 Å². The zero-order valence-electron chi connectivity index (χ0n) is 6.74. The van der Waals surface area contributed by atoms with Gasteiger partial charge in [0.2, 0.25) is 0 Å². The molecule has 0 N–H and O–H groups in total. The van der Waals surface area contributed by atoms with Crippen molar-refractivity contribution in [2.45, 2.75) is 26.4 Å². The van der Waals surface area contributed by atoms with Gasteiger partial charge in [-0.05, 0) is 18.1 Å². The molecule has 0 amide bonds. The molecule has 0 aliphatic heterocycles. The van der Waals surface area contributed by atoms with Crippen molar-refractivity contribution in [3.05, 3.63) is 0 Å². The lowest BCUT2D eigenvalue weighted by Gasteiger charge is -2.06. The Kier molecular flexibility index (Phi) is 4.97. The Balaban J connectivity index is 3.15. The summed E-state index contributed by atoms with van der Waals surface area (Å²) >= 11 is 0.964. The zero-order valence-corrected chi connectivity index (χ0v) is 7.56. The van der Waals surface area contributed by atoms with Gasteiger partial charge < -0.3 is 0 Å². The SMILES string of the molecule is CC(C)CCSCC(F)(F)F. The third-order valence-electron chi connectivity index (χ3n) is 1.11. The van der Waals surface area contributed by atoms with Gasteiger partial charge in [-0.2, -0.15) is 24.9 Å². The van der Waals surface area contributed by atoms with Crippen LogP contribution in [-0.2, 0) is 0 Å². The first kappa shape index (κ1) is 11.1. The summed E-state index contributed by atoms with van der Waals surface area (Å²) in [6.07, 6.45) is -3.14. The van der Waals surface area contributed by atoms with E-state index in [-0.39, 0.29) is 0 Å². The van der Waals surface area contributed by atoms with Gasteiger partial charge >= 0.3 is 6.18 Å². The topological polar surface area (TPSA) is 0 Å². The van der Waals surface area contributed by atoms with Crippen LogP contribution in [0.5, 0.6) is 0 Å². The minimum Gasteiger partial charge on any atom is -0.170 e. The lowest BCUT2D eigenvalue weighted by atomic mass is 10.2. The number of hydrogen-bond acceptors (Lipinski definition) is 1. The van der Waals surface area contributed by atoms with E-state index in [9.17, 15) is 13.2 Å². The van der Waals surface area contributed by atoms with E-state index in [1.807, 2.05) is 13.8 Å². The van der Waals surface area contributed by atoms with E-state index in [0.717, 1.165) is 18.2 Å². The maximum atomic E-state index is 11.6. The Bertz CT molecular complexity index is 98.3. The molecule has 0 fully saturated rings. The van der Waals surface area contributed by atoms with Crippen molar-refractivity contribution in [2.24, 2.45) is 5.92 Å². The molecule has 4 heteroatoms. The molecular weight excluding hydrogens is 173 g/mol. The first-order valence-corrected chi connectivity index (χ1v) is 4.72. The van der Waals surface area contributed by atoms with Crippen molar-refractivity contribution in [3.8, 4) is 0 Å². The van der Waals surface area contributed by atoms with E-state index in [0.29, 0.717) is 11.7 Å². The molecule has 0 radical (unpaired) electrons. The highest BCUT2D eigenvalue weighted by Gasteiger charge is 2.26. The Labute approximate surface area is 69.5 Å². The second-order valence-electron chi connectivity index (χ2n) is 2.85. The van der Waals surface area contributed by atoms with Crippen molar-refractivity contribution in [3.63, 3.8) is 0 Å². The molecule has 0 aromatic carbocycles. The molecule has 68 valence electrons. The minimum atomic E-state index is -4.00. The smallest absolute Gasteiger partial charge is 0.170 e. The Morgan fingerprint density at radius 3 is 2.18 bits per heavy atom. The highest BCUT2D eigenvalue weighted by atomic mass is 32.2. The average Bonchev–Trinajstić information content (AvgIpc) is 1.78. The highest BCUT2D eigenvalue weighted by molar-refractivity contribution is 7.99.